The molecule has 3 rings (SSSR count). The topological polar surface area (TPSA) is 77.5 Å². The third kappa shape index (κ3) is 3.66. The van der Waals surface area contributed by atoms with Gasteiger partial charge in [0.05, 0.1) is 21.6 Å². The number of fused-ring (bicyclic) bond motifs is 1. The van der Waals surface area contributed by atoms with Crippen LogP contribution in [0.1, 0.15) is 18.1 Å². The van der Waals surface area contributed by atoms with Crippen molar-refractivity contribution in [3.63, 3.8) is 0 Å². The van der Waals surface area contributed by atoms with Gasteiger partial charge in [-0.2, -0.15) is 4.99 Å². The third-order valence-corrected chi connectivity index (χ3v) is 5.11. The minimum atomic E-state index is -0.429. The number of rotatable bonds is 4. The summed E-state index contributed by atoms with van der Waals surface area (Å²) in [4.78, 5) is 27.4. The number of aromatic nitrogens is 1. The number of hydrogen-bond donors (Lipinski definition) is 0. The Labute approximate surface area is 148 Å². The summed E-state index contributed by atoms with van der Waals surface area (Å²) in [6.07, 6.45) is 1.20. The molecule has 0 atom stereocenters. The molecule has 0 saturated carbocycles. The van der Waals surface area contributed by atoms with Gasteiger partial charge < -0.3 is 4.57 Å². The fraction of sp³-hybridized carbons (Fsp3) is 0.222. The second-order valence-corrected chi connectivity index (χ2v) is 6.71. The highest BCUT2D eigenvalue weighted by molar-refractivity contribution is 7.16. The minimum absolute atomic E-state index is 0.0308. The highest BCUT2D eigenvalue weighted by Crippen LogP contribution is 2.22. The molecule has 0 unspecified atom stereocenters. The van der Waals surface area contributed by atoms with Crippen LogP contribution >= 0.6 is 11.3 Å². The molecule has 0 radical (unpaired) electrons. The SMILES string of the molecule is CCc1ccc(CC(=O)N=c2sc3cc([N+](=O)[O-])ccc3n2C)cc1. The Morgan fingerprint density at radius 3 is 2.52 bits per heavy atom. The smallest absolute Gasteiger partial charge is 0.270 e. The molecule has 0 saturated heterocycles. The number of non-ortho nitro benzene ring substituents is 1. The Morgan fingerprint density at radius 2 is 1.88 bits per heavy atom. The summed E-state index contributed by atoms with van der Waals surface area (Å²) in [5, 5.41) is 10.9. The maximum atomic E-state index is 12.3. The van der Waals surface area contributed by atoms with E-state index in [4.69, 9.17) is 0 Å². The number of carbonyl (C=O) groups excluding carboxylic acids is 1. The van der Waals surface area contributed by atoms with Gasteiger partial charge in [0.2, 0.25) is 0 Å². The van der Waals surface area contributed by atoms with Crippen molar-refractivity contribution in [2.45, 2.75) is 19.8 Å². The van der Waals surface area contributed by atoms with E-state index in [0.717, 1.165) is 22.2 Å². The lowest BCUT2D eigenvalue weighted by Crippen LogP contribution is -2.14. The average molecular weight is 355 g/mol. The first-order chi connectivity index (χ1) is 12.0. The van der Waals surface area contributed by atoms with E-state index in [-0.39, 0.29) is 18.0 Å². The lowest BCUT2D eigenvalue weighted by molar-refractivity contribution is -0.384. The maximum Gasteiger partial charge on any atom is 0.270 e. The zero-order valence-electron chi connectivity index (χ0n) is 13.9. The van der Waals surface area contributed by atoms with Gasteiger partial charge in [0, 0.05) is 19.2 Å². The van der Waals surface area contributed by atoms with Crippen LogP contribution in [0.15, 0.2) is 47.5 Å². The van der Waals surface area contributed by atoms with Crippen LogP contribution < -0.4 is 4.80 Å². The second kappa shape index (κ2) is 6.98. The molecule has 7 heteroatoms. The predicted molar refractivity (Wildman–Crippen MR) is 97.5 cm³/mol. The quantitative estimate of drug-likeness (QED) is 0.532. The first-order valence-electron chi connectivity index (χ1n) is 7.87. The van der Waals surface area contributed by atoms with Crippen molar-refractivity contribution in [1.82, 2.24) is 4.57 Å². The predicted octanol–water partition coefficient (Wildman–Crippen LogP) is 3.38. The Bertz CT molecular complexity index is 1020. The van der Waals surface area contributed by atoms with Crippen LogP contribution in [0.5, 0.6) is 0 Å². The van der Waals surface area contributed by atoms with Gasteiger partial charge in [0.15, 0.2) is 4.80 Å². The fourth-order valence-corrected chi connectivity index (χ4v) is 3.63. The third-order valence-electron chi connectivity index (χ3n) is 4.01. The Hall–Kier alpha value is -2.80. The summed E-state index contributed by atoms with van der Waals surface area (Å²) in [7, 11) is 1.80. The van der Waals surface area contributed by atoms with E-state index >= 15 is 0 Å². The van der Waals surface area contributed by atoms with Crippen LogP contribution in [0.25, 0.3) is 10.2 Å². The van der Waals surface area contributed by atoms with Crippen LogP contribution in [0.4, 0.5) is 5.69 Å². The van der Waals surface area contributed by atoms with Crippen LogP contribution in [-0.2, 0) is 24.7 Å². The van der Waals surface area contributed by atoms with E-state index in [1.807, 2.05) is 24.3 Å². The van der Waals surface area contributed by atoms with Crippen molar-refractivity contribution in [3.8, 4) is 0 Å². The highest BCUT2D eigenvalue weighted by atomic mass is 32.1. The number of thiazole rings is 1. The molecule has 0 spiro atoms. The monoisotopic (exact) mass is 355 g/mol. The first kappa shape index (κ1) is 17.0. The summed E-state index contributed by atoms with van der Waals surface area (Å²) in [5.74, 6) is -0.235. The van der Waals surface area contributed by atoms with Gasteiger partial charge in [-0.3, -0.25) is 14.9 Å². The molecular formula is C18H17N3O3S. The van der Waals surface area contributed by atoms with Gasteiger partial charge in [0.25, 0.3) is 11.6 Å². The number of carbonyl (C=O) groups is 1. The number of nitrogens with zero attached hydrogens (tertiary/aromatic N) is 3. The Balaban J connectivity index is 1.90. The molecule has 1 heterocycles. The number of amides is 1. The molecule has 3 aromatic rings. The molecule has 0 N–H and O–H groups in total. The number of nitro groups is 1. The summed E-state index contributed by atoms with van der Waals surface area (Å²) >= 11 is 1.27. The summed E-state index contributed by atoms with van der Waals surface area (Å²) < 4.78 is 2.51. The van der Waals surface area contributed by atoms with Gasteiger partial charge in [-0.1, -0.05) is 42.5 Å². The van der Waals surface area contributed by atoms with E-state index in [9.17, 15) is 14.9 Å². The lowest BCUT2D eigenvalue weighted by atomic mass is 10.1. The molecule has 0 fully saturated rings. The molecule has 25 heavy (non-hydrogen) atoms. The average Bonchev–Trinajstić information content (AvgIpc) is 2.90. The Morgan fingerprint density at radius 1 is 1.20 bits per heavy atom. The van der Waals surface area contributed by atoms with Gasteiger partial charge >= 0.3 is 0 Å². The van der Waals surface area contributed by atoms with E-state index in [1.54, 1.807) is 17.7 Å². The standard InChI is InChI=1S/C18H17N3O3S/c1-3-12-4-6-13(7-5-12)10-17(22)19-18-20(2)15-9-8-14(21(23)24)11-16(15)25-18/h4-9,11H,3,10H2,1-2H3. The summed E-state index contributed by atoms with van der Waals surface area (Å²) in [6.45, 7) is 2.08. The summed E-state index contributed by atoms with van der Waals surface area (Å²) in [5.41, 5.74) is 2.99. The first-order valence-corrected chi connectivity index (χ1v) is 8.69. The lowest BCUT2D eigenvalue weighted by Gasteiger charge is -2.00. The van der Waals surface area contributed by atoms with E-state index in [0.29, 0.717) is 4.80 Å². The number of aryl methyl sites for hydroxylation is 2. The molecule has 2 aromatic carbocycles. The number of benzene rings is 2. The molecule has 1 amide bonds. The molecule has 0 aliphatic carbocycles. The van der Waals surface area contributed by atoms with Crippen molar-refractivity contribution in [1.29, 1.82) is 0 Å². The van der Waals surface area contributed by atoms with Gasteiger partial charge in [-0.05, 0) is 23.6 Å². The van der Waals surface area contributed by atoms with Crippen LogP contribution in [-0.4, -0.2) is 15.4 Å². The highest BCUT2D eigenvalue weighted by Gasteiger charge is 2.11. The number of hydrogen-bond acceptors (Lipinski definition) is 4. The molecule has 6 nitrogen and oxygen atoms in total. The maximum absolute atomic E-state index is 12.3. The molecule has 0 bridgehead atoms. The van der Waals surface area contributed by atoms with Gasteiger partial charge in [-0.25, -0.2) is 0 Å². The Kier molecular flexibility index (Phi) is 4.76. The number of nitro benzene ring substituents is 1. The minimum Gasteiger partial charge on any atom is -0.319 e. The van der Waals surface area contributed by atoms with Crippen molar-refractivity contribution < 1.29 is 9.72 Å². The zero-order chi connectivity index (χ0) is 18.0. The van der Waals surface area contributed by atoms with Crippen molar-refractivity contribution in [3.05, 3.63) is 68.5 Å². The molecule has 128 valence electrons. The zero-order valence-corrected chi connectivity index (χ0v) is 14.7. The van der Waals surface area contributed by atoms with E-state index in [2.05, 4.69) is 11.9 Å². The largest absolute Gasteiger partial charge is 0.319 e. The van der Waals surface area contributed by atoms with E-state index in [1.165, 1.54) is 29.0 Å². The van der Waals surface area contributed by atoms with Crippen molar-refractivity contribution >= 4 is 33.1 Å². The molecule has 0 aliphatic heterocycles. The molecule has 0 aliphatic rings. The summed E-state index contributed by atoms with van der Waals surface area (Å²) in [6, 6.07) is 12.6. The van der Waals surface area contributed by atoms with Crippen LogP contribution in [0.3, 0.4) is 0 Å². The van der Waals surface area contributed by atoms with E-state index < -0.39 is 4.92 Å². The molecule has 1 aromatic heterocycles. The van der Waals surface area contributed by atoms with Crippen LogP contribution in [0, 0.1) is 10.1 Å². The van der Waals surface area contributed by atoms with Gasteiger partial charge in [-0.15, -0.1) is 0 Å². The van der Waals surface area contributed by atoms with Crippen LogP contribution in [0.2, 0.25) is 0 Å². The fourth-order valence-electron chi connectivity index (χ4n) is 2.56. The molecular weight excluding hydrogens is 338 g/mol. The van der Waals surface area contributed by atoms with Gasteiger partial charge in [0.1, 0.15) is 0 Å². The van der Waals surface area contributed by atoms with Crippen molar-refractivity contribution in [2.75, 3.05) is 0 Å². The second-order valence-electron chi connectivity index (χ2n) is 5.71. The van der Waals surface area contributed by atoms with Crippen molar-refractivity contribution in [2.24, 2.45) is 12.0 Å². The normalized spacial score (nSPS) is 11.8.